The van der Waals surface area contributed by atoms with Crippen LogP contribution in [0, 0.1) is 0 Å². The monoisotopic (exact) mass is 450 g/mol. The van der Waals surface area contributed by atoms with Crippen LogP contribution in [0.4, 0.5) is 18.0 Å². The summed E-state index contributed by atoms with van der Waals surface area (Å²) in [6.07, 6.45) is -5.00. The number of aliphatic hydroxyl groups excluding tert-OH is 1. The summed E-state index contributed by atoms with van der Waals surface area (Å²) in [5.74, 6) is -2.06. The molecular formula is C22H25F3N4O3. The molecule has 3 amide bonds. The van der Waals surface area contributed by atoms with Crippen LogP contribution in [-0.4, -0.2) is 70.5 Å². The maximum absolute atomic E-state index is 13.1. The van der Waals surface area contributed by atoms with Gasteiger partial charge in [0.05, 0.1) is 26.0 Å². The fraction of sp³-hybridized carbons (Fsp3) is 0.364. The molecule has 1 heterocycles. The maximum Gasteiger partial charge on any atom is 0.471 e. The molecule has 0 radical (unpaired) electrons. The predicted molar refractivity (Wildman–Crippen MR) is 111 cm³/mol. The zero-order chi connectivity index (χ0) is 23.1. The van der Waals surface area contributed by atoms with Gasteiger partial charge in [0.25, 0.3) is 0 Å². The lowest BCUT2D eigenvalue weighted by molar-refractivity contribution is -0.174. The second-order valence-electron chi connectivity index (χ2n) is 7.57. The number of hydrogen-bond acceptors (Lipinski definition) is 4. The molecule has 1 aliphatic heterocycles. The number of urea groups is 1. The van der Waals surface area contributed by atoms with E-state index in [1.807, 2.05) is 66.0 Å². The number of benzene rings is 2. The Bertz CT molecular complexity index is 843. The van der Waals surface area contributed by atoms with Crippen molar-refractivity contribution in [1.29, 1.82) is 0 Å². The van der Waals surface area contributed by atoms with E-state index in [9.17, 15) is 27.9 Å². The minimum atomic E-state index is -5.00. The van der Waals surface area contributed by atoms with Crippen molar-refractivity contribution < 1.29 is 27.9 Å². The number of carbonyl (C=O) groups excluding carboxylic acids is 2. The Labute approximate surface area is 184 Å². The third-order valence-electron chi connectivity index (χ3n) is 5.16. The van der Waals surface area contributed by atoms with E-state index >= 15 is 0 Å². The molecule has 2 aromatic rings. The number of alkyl halides is 3. The van der Waals surface area contributed by atoms with Gasteiger partial charge in [-0.3, -0.25) is 9.69 Å². The molecule has 0 aliphatic carbocycles. The first kappa shape index (κ1) is 23.6. The number of nitrogens with one attached hydrogen (secondary N) is 1. The Kier molecular flexibility index (Phi) is 7.70. The highest BCUT2D eigenvalue weighted by molar-refractivity contribution is 5.81. The van der Waals surface area contributed by atoms with Crippen LogP contribution < -0.4 is 5.32 Å². The van der Waals surface area contributed by atoms with Crippen LogP contribution in [0.2, 0.25) is 0 Å². The van der Waals surface area contributed by atoms with Crippen LogP contribution in [0.1, 0.15) is 11.1 Å². The van der Waals surface area contributed by atoms with Gasteiger partial charge in [0.15, 0.2) is 0 Å². The first-order valence-corrected chi connectivity index (χ1v) is 10.1. The van der Waals surface area contributed by atoms with E-state index in [2.05, 4.69) is 0 Å². The van der Waals surface area contributed by atoms with E-state index < -0.39 is 31.3 Å². The summed E-state index contributed by atoms with van der Waals surface area (Å²) in [7, 11) is 0. The molecule has 1 atom stereocenters. The average Bonchev–Trinajstić information content (AvgIpc) is 2.77. The second kappa shape index (κ2) is 10.5. The van der Waals surface area contributed by atoms with Crippen molar-refractivity contribution in [3.63, 3.8) is 0 Å². The van der Waals surface area contributed by atoms with Crippen molar-refractivity contribution in [2.45, 2.75) is 25.3 Å². The molecule has 3 rings (SSSR count). The van der Waals surface area contributed by atoms with Crippen molar-refractivity contribution in [1.82, 2.24) is 20.0 Å². The van der Waals surface area contributed by atoms with Crippen LogP contribution in [0.5, 0.6) is 0 Å². The van der Waals surface area contributed by atoms with E-state index in [0.29, 0.717) is 13.1 Å². The number of halogens is 3. The van der Waals surface area contributed by atoms with Crippen molar-refractivity contribution in [3.8, 4) is 0 Å². The van der Waals surface area contributed by atoms with Crippen LogP contribution in [0.25, 0.3) is 0 Å². The predicted octanol–water partition coefficient (Wildman–Crippen LogP) is 2.38. The first-order valence-electron chi connectivity index (χ1n) is 10.1. The molecule has 0 aromatic heterocycles. The molecule has 32 heavy (non-hydrogen) atoms. The van der Waals surface area contributed by atoms with Crippen molar-refractivity contribution in [2.75, 3.05) is 26.5 Å². The molecule has 172 valence electrons. The van der Waals surface area contributed by atoms with Crippen molar-refractivity contribution in [3.05, 3.63) is 71.8 Å². The van der Waals surface area contributed by atoms with E-state index in [-0.39, 0.29) is 19.4 Å². The molecule has 1 saturated heterocycles. The molecule has 0 bridgehead atoms. The Morgan fingerprint density at radius 3 is 1.81 bits per heavy atom. The van der Waals surface area contributed by atoms with Gasteiger partial charge < -0.3 is 20.2 Å². The van der Waals surface area contributed by atoms with Gasteiger partial charge in [-0.15, -0.1) is 0 Å². The summed E-state index contributed by atoms with van der Waals surface area (Å²) < 4.78 is 37.7. The van der Waals surface area contributed by atoms with Crippen LogP contribution in [0.3, 0.4) is 0 Å². The van der Waals surface area contributed by atoms with Crippen molar-refractivity contribution >= 4 is 11.9 Å². The zero-order valence-electron chi connectivity index (χ0n) is 17.3. The Balaban J connectivity index is 1.77. The number of rotatable bonds is 8. The summed E-state index contributed by atoms with van der Waals surface area (Å²) in [5.41, 5.74) is 1.79. The molecule has 2 N–H and O–H groups in total. The summed E-state index contributed by atoms with van der Waals surface area (Å²) in [6, 6.07) is 17.6. The van der Waals surface area contributed by atoms with Gasteiger partial charge in [0, 0.05) is 19.6 Å². The highest BCUT2D eigenvalue weighted by Gasteiger charge is 2.39. The summed E-state index contributed by atoms with van der Waals surface area (Å²) in [5, 5.41) is 11.6. The molecular weight excluding hydrogens is 425 g/mol. The lowest BCUT2D eigenvalue weighted by Gasteiger charge is -2.45. The van der Waals surface area contributed by atoms with Crippen molar-refractivity contribution in [2.24, 2.45) is 0 Å². The van der Waals surface area contributed by atoms with E-state index in [4.69, 9.17) is 0 Å². The van der Waals surface area contributed by atoms with Gasteiger partial charge in [-0.1, -0.05) is 60.7 Å². The third-order valence-corrected chi connectivity index (χ3v) is 5.16. The molecule has 0 unspecified atom stereocenters. The molecule has 7 nitrogen and oxygen atoms in total. The highest BCUT2D eigenvalue weighted by Crippen LogP contribution is 2.19. The summed E-state index contributed by atoms with van der Waals surface area (Å²) in [6.45, 7) is -0.0760. The van der Waals surface area contributed by atoms with E-state index in [0.717, 1.165) is 11.1 Å². The molecule has 2 aromatic carbocycles. The Hall–Kier alpha value is -3.11. The summed E-state index contributed by atoms with van der Waals surface area (Å²) in [4.78, 5) is 29.2. The van der Waals surface area contributed by atoms with Gasteiger partial charge >= 0.3 is 18.1 Å². The normalized spacial score (nSPS) is 16.2. The quantitative estimate of drug-likeness (QED) is 0.648. The highest BCUT2D eigenvalue weighted by atomic mass is 19.4. The standard InChI is InChI=1S/C22H25F3N4O3/c23-22(24,25)20(31)26-11-19(14-30)29-15-27(12-17-7-3-1-4-8-17)21(32)28(16-29)13-18-9-5-2-6-10-18/h1-10,19,30H,11-16H2,(H,26,31)/t19-/m0/s1. The largest absolute Gasteiger partial charge is 0.471 e. The molecule has 10 heteroatoms. The van der Waals surface area contributed by atoms with Crippen LogP contribution in [0.15, 0.2) is 60.7 Å². The van der Waals surface area contributed by atoms with Gasteiger partial charge in [0.2, 0.25) is 0 Å². The number of carbonyl (C=O) groups is 2. The molecule has 0 saturated carbocycles. The molecule has 0 spiro atoms. The number of hydrogen-bond donors (Lipinski definition) is 2. The lowest BCUT2D eigenvalue weighted by atomic mass is 10.2. The van der Waals surface area contributed by atoms with Gasteiger partial charge in [-0.05, 0) is 11.1 Å². The van der Waals surface area contributed by atoms with Gasteiger partial charge in [-0.2, -0.15) is 13.2 Å². The maximum atomic E-state index is 13.1. The van der Waals surface area contributed by atoms with E-state index in [1.165, 1.54) is 0 Å². The first-order chi connectivity index (χ1) is 15.3. The third kappa shape index (κ3) is 6.21. The Morgan fingerprint density at radius 1 is 0.938 bits per heavy atom. The number of nitrogens with zero attached hydrogens (tertiary/aromatic N) is 3. The fourth-order valence-corrected chi connectivity index (χ4v) is 3.50. The minimum absolute atomic E-state index is 0.103. The second-order valence-corrected chi connectivity index (χ2v) is 7.57. The topological polar surface area (TPSA) is 76.1 Å². The molecule has 1 fully saturated rings. The van der Waals surface area contributed by atoms with Crippen LogP contribution >= 0.6 is 0 Å². The average molecular weight is 450 g/mol. The number of amides is 3. The van der Waals surface area contributed by atoms with Crippen LogP contribution in [-0.2, 0) is 17.9 Å². The summed E-state index contributed by atoms with van der Waals surface area (Å²) >= 11 is 0. The van der Waals surface area contributed by atoms with E-state index in [1.54, 1.807) is 14.7 Å². The molecule has 1 aliphatic rings. The van der Waals surface area contributed by atoms with Gasteiger partial charge in [-0.25, -0.2) is 4.79 Å². The van der Waals surface area contributed by atoms with Gasteiger partial charge in [0.1, 0.15) is 0 Å². The fourth-order valence-electron chi connectivity index (χ4n) is 3.50. The zero-order valence-corrected chi connectivity index (χ0v) is 17.3. The smallest absolute Gasteiger partial charge is 0.395 e. The minimum Gasteiger partial charge on any atom is -0.395 e. The lowest BCUT2D eigenvalue weighted by Crippen LogP contribution is -2.62. The Morgan fingerprint density at radius 2 is 1.41 bits per heavy atom. The number of aliphatic hydroxyl groups is 1. The SMILES string of the molecule is O=C1N(Cc2ccccc2)CN([C@H](CO)CNC(=O)C(F)(F)F)CN1Cc1ccccc1.